The van der Waals surface area contributed by atoms with Crippen molar-refractivity contribution in [3.05, 3.63) is 87.7 Å². The number of pyridine rings is 2. The maximum atomic E-state index is 16.0. The first-order valence-electron chi connectivity index (χ1n) is 15.9. The number of carbonyl (C=O) groups excluding carboxylic acids is 1. The Morgan fingerprint density at radius 3 is 2.53 bits per heavy atom. The summed E-state index contributed by atoms with van der Waals surface area (Å²) in [6.45, 7) is 5.48. The number of rotatable bonds is 8. The van der Waals surface area contributed by atoms with Crippen molar-refractivity contribution in [1.82, 2.24) is 19.0 Å². The van der Waals surface area contributed by atoms with Gasteiger partial charge in [0.1, 0.15) is 11.3 Å². The van der Waals surface area contributed by atoms with Crippen LogP contribution in [0.2, 0.25) is 0 Å². The lowest BCUT2D eigenvalue weighted by Gasteiger charge is -2.41. The third-order valence-corrected chi connectivity index (χ3v) is 9.31. The van der Waals surface area contributed by atoms with E-state index in [0.717, 1.165) is 24.5 Å². The Hall–Kier alpha value is -5.63. The zero-order valence-corrected chi connectivity index (χ0v) is 27.1. The number of carbonyl (C=O) groups is 2. The van der Waals surface area contributed by atoms with Crippen molar-refractivity contribution in [2.45, 2.75) is 45.4 Å². The third-order valence-electron chi connectivity index (χ3n) is 9.31. The smallest absolute Gasteiger partial charge is 0.341 e. The topological polar surface area (TPSA) is 155 Å². The Balaban J connectivity index is 1.19. The molecule has 14 heteroatoms. The molecule has 1 amide bonds. The zero-order chi connectivity index (χ0) is 34.6. The van der Waals surface area contributed by atoms with Gasteiger partial charge >= 0.3 is 5.97 Å². The molecule has 49 heavy (non-hydrogen) atoms. The number of carboxylic acids is 1. The second-order valence-corrected chi connectivity index (χ2v) is 12.6. The van der Waals surface area contributed by atoms with E-state index in [0.29, 0.717) is 41.6 Å². The highest BCUT2D eigenvalue weighted by Crippen LogP contribution is 2.44. The molecule has 252 valence electrons. The van der Waals surface area contributed by atoms with Crippen molar-refractivity contribution >= 4 is 45.1 Å². The third kappa shape index (κ3) is 5.67. The number of aromatic carboxylic acids is 1. The van der Waals surface area contributed by atoms with Crippen molar-refractivity contribution in [3.8, 4) is 11.6 Å². The van der Waals surface area contributed by atoms with Crippen LogP contribution < -0.4 is 15.1 Å². The molecule has 3 aromatic heterocycles. The minimum absolute atomic E-state index is 0.00442. The fourth-order valence-electron chi connectivity index (χ4n) is 6.64. The molecule has 5 aromatic rings. The number of anilines is 1. The molecule has 2 N–H and O–H groups in total. The van der Waals surface area contributed by atoms with Crippen molar-refractivity contribution in [1.29, 1.82) is 0 Å². The number of amides is 1. The number of hydrogen-bond acceptors (Lipinski definition) is 9. The first-order valence-corrected chi connectivity index (χ1v) is 15.9. The average molecular weight is 668 g/mol. The minimum atomic E-state index is -1.36. The SMILES string of the molecule is COc1c(N2CCN(Cn3c(O)c(N=NC(=O)c4ccncc4)c4cc(C)ccc43)C(C)C2)c(F)cc2c(=O)c(C(=O)O)cn(C3CC3)c12. The van der Waals surface area contributed by atoms with Gasteiger partial charge in [0.15, 0.2) is 17.3 Å². The van der Waals surface area contributed by atoms with E-state index < -0.39 is 28.7 Å². The molecule has 1 aliphatic carbocycles. The van der Waals surface area contributed by atoms with Crippen LogP contribution in [-0.2, 0) is 6.67 Å². The van der Waals surface area contributed by atoms with Gasteiger partial charge < -0.3 is 24.4 Å². The summed E-state index contributed by atoms with van der Waals surface area (Å²) in [5, 5.41) is 29.7. The van der Waals surface area contributed by atoms with Crippen LogP contribution in [0.15, 0.2) is 70.0 Å². The van der Waals surface area contributed by atoms with Gasteiger partial charge in [0.2, 0.25) is 11.3 Å². The monoisotopic (exact) mass is 667 g/mol. The molecule has 0 bridgehead atoms. The van der Waals surface area contributed by atoms with Gasteiger partial charge in [-0.2, -0.15) is 0 Å². The number of azo groups is 1. The van der Waals surface area contributed by atoms with Gasteiger partial charge in [0, 0.05) is 61.3 Å². The van der Waals surface area contributed by atoms with E-state index in [4.69, 9.17) is 4.74 Å². The maximum Gasteiger partial charge on any atom is 0.341 e. The highest BCUT2D eigenvalue weighted by molar-refractivity contribution is 5.98. The lowest BCUT2D eigenvalue weighted by atomic mass is 10.1. The Labute approximate surface area is 279 Å². The molecule has 7 rings (SSSR count). The molecule has 2 aromatic carbocycles. The Kier molecular flexibility index (Phi) is 8.11. The van der Waals surface area contributed by atoms with E-state index in [1.165, 1.54) is 37.8 Å². The highest BCUT2D eigenvalue weighted by Gasteiger charge is 2.34. The predicted octanol–water partition coefficient (Wildman–Crippen LogP) is 5.64. The summed E-state index contributed by atoms with van der Waals surface area (Å²) in [4.78, 5) is 45.5. The standard InChI is InChI=1S/C35H34FN7O6/c1-19-4-7-27-23(14-19)28(38-39-33(45)21-8-10-37-11-9-21)34(46)43(27)18-41-13-12-40(16-20(41)2)30-26(36)15-24-29(32(30)49-3)42(22-5-6-22)17-25(31(24)44)35(47)48/h4,7-11,14-15,17,20,22,46H,5-6,12-13,16,18H2,1-3H3,(H,47,48). The lowest BCUT2D eigenvalue weighted by molar-refractivity contribution is 0.0694. The summed E-state index contributed by atoms with van der Waals surface area (Å²) in [6, 6.07) is 9.76. The van der Waals surface area contributed by atoms with E-state index >= 15 is 4.39 Å². The van der Waals surface area contributed by atoms with Gasteiger partial charge in [-0.25, -0.2) is 9.18 Å². The summed E-state index contributed by atoms with van der Waals surface area (Å²) in [5.74, 6) is -2.54. The number of carboxylic acid groups (broad SMARTS) is 1. The molecule has 13 nitrogen and oxygen atoms in total. The molecule has 1 aliphatic heterocycles. The van der Waals surface area contributed by atoms with Crippen LogP contribution in [0.5, 0.6) is 11.6 Å². The van der Waals surface area contributed by atoms with E-state index in [9.17, 15) is 24.6 Å². The van der Waals surface area contributed by atoms with Gasteiger partial charge in [-0.3, -0.25) is 24.0 Å². The van der Waals surface area contributed by atoms with E-state index in [-0.39, 0.29) is 47.1 Å². The second kappa shape index (κ2) is 12.4. The number of methoxy groups -OCH3 is 1. The largest absolute Gasteiger partial charge is 0.493 e. The molecule has 1 saturated carbocycles. The van der Waals surface area contributed by atoms with Gasteiger partial charge in [-0.15, -0.1) is 10.2 Å². The van der Waals surface area contributed by atoms with E-state index in [2.05, 4.69) is 20.1 Å². The van der Waals surface area contributed by atoms with Crippen molar-refractivity contribution in [3.63, 3.8) is 0 Å². The number of benzene rings is 2. The molecular weight excluding hydrogens is 633 g/mol. The first-order chi connectivity index (χ1) is 23.6. The van der Waals surface area contributed by atoms with E-state index in [1.54, 1.807) is 9.13 Å². The number of aryl methyl sites for hydroxylation is 1. The van der Waals surface area contributed by atoms with Crippen LogP contribution in [0.4, 0.5) is 15.8 Å². The number of fused-ring (bicyclic) bond motifs is 2. The highest BCUT2D eigenvalue weighted by atomic mass is 19.1. The Bertz CT molecular complexity index is 2230. The Morgan fingerprint density at radius 1 is 1.10 bits per heavy atom. The van der Waals surface area contributed by atoms with Crippen LogP contribution in [0.25, 0.3) is 21.8 Å². The summed E-state index contributed by atoms with van der Waals surface area (Å²) in [7, 11) is 1.42. The fraction of sp³-hybridized carbons (Fsp3) is 0.314. The molecule has 2 aliphatic rings. The van der Waals surface area contributed by atoms with Crippen LogP contribution in [0.1, 0.15) is 52.1 Å². The number of hydrogen-bond donors (Lipinski definition) is 2. The van der Waals surface area contributed by atoms with Crippen molar-refractivity contribution < 1.29 is 28.9 Å². The predicted molar refractivity (Wildman–Crippen MR) is 180 cm³/mol. The minimum Gasteiger partial charge on any atom is -0.493 e. The number of piperazine rings is 1. The molecule has 0 radical (unpaired) electrons. The lowest BCUT2D eigenvalue weighted by Crippen LogP contribution is -2.52. The van der Waals surface area contributed by atoms with Crippen LogP contribution >= 0.6 is 0 Å². The number of nitrogens with zero attached hydrogens (tertiary/aromatic N) is 7. The molecule has 1 saturated heterocycles. The van der Waals surface area contributed by atoms with Gasteiger partial charge in [0.05, 0.1) is 30.2 Å². The van der Waals surface area contributed by atoms with Crippen LogP contribution in [-0.4, -0.2) is 73.9 Å². The normalized spacial score (nSPS) is 17.0. The average Bonchev–Trinajstić information content (AvgIpc) is 3.90. The van der Waals surface area contributed by atoms with Crippen LogP contribution in [0, 0.1) is 12.7 Å². The molecule has 1 atom stereocenters. The molecule has 0 spiro atoms. The molecule has 1 unspecified atom stereocenters. The van der Waals surface area contributed by atoms with Gasteiger partial charge in [-0.1, -0.05) is 11.6 Å². The number of halogens is 1. The fourth-order valence-corrected chi connectivity index (χ4v) is 6.64. The van der Waals surface area contributed by atoms with Gasteiger partial charge in [-0.05, 0) is 57.0 Å². The maximum absolute atomic E-state index is 16.0. The quantitative estimate of drug-likeness (QED) is 0.200. The summed E-state index contributed by atoms with van der Waals surface area (Å²) >= 11 is 0. The van der Waals surface area contributed by atoms with E-state index in [1.807, 2.05) is 36.9 Å². The zero-order valence-electron chi connectivity index (χ0n) is 27.1. The first kappa shape index (κ1) is 31.9. The number of ether oxygens (including phenoxy) is 1. The van der Waals surface area contributed by atoms with Crippen molar-refractivity contribution in [2.24, 2.45) is 10.2 Å². The van der Waals surface area contributed by atoms with Crippen molar-refractivity contribution in [2.75, 3.05) is 31.6 Å². The Morgan fingerprint density at radius 2 is 1.86 bits per heavy atom. The summed E-state index contributed by atoms with van der Waals surface area (Å²) < 4.78 is 25.2. The molecular formula is C35H34FN7O6. The molecule has 2 fully saturated rings. The summed E-state index contributed by atoms with van der Waals surface area (Å²) in [6.07, 6.45) is 5.95. The second-order valence-electron chi connectivity index (χ2n) is 12.6. The van der Waals surface area contributed by atoms with Gasteiger partial charge in [0.25, 0.3) is 5.91 Å². The number of aromatic nitrogens is 3. The van der Waals surface area contributed by atoms with Crippen LogP contribution in [0.3, 0.4) is 0 Å². The molecule has 4 heterocycles. The number of aromatic hydroxyl groups is 1. The summed E-state index contributed by atoms with van der Waals surface area (Å²) in [5.41, 5.74) is 1.60.